The molecule has 3 N–H and O–H groups in total. The third-order valence-corrected chi connectivity index (χ3v) is 2.70. The Balaban J connectivity index is 2.74. The summed E-state index contributed by atoms with van der Waals surface area (Å²) in [6, 6.07) is 7.28. The van der Waals surface area contributed by atoms with E-state index in [1.807, 2.05) is 12.1 Å². The van der Waals surface area contributed by atoms with Crippen molar-refractivity contribution in [2.45, 2.75) is 18.9 Å². The second-order valence-corrected chi connectivity index (χ2v) is 4.11. The number of amides is 1. The van der Waals surface area contributed by atoms with Crippen LogP contribution in [0, 0.1) is 0 Å². The van der Waals surface area contributed by atoms with Crippen molar-refractivity contribution in [2.24, 2.45) is 5.73 Å². The van der Waals surface area contributed by atoms with Crippen LogP contribution in [0.25, 0.3) is 0 Å². The van der Waals surface area contributed by atoms with Crippen LogP contribution in [0.5, 0.6) is 0 Å². The first-order valence-electron chi connectivity index (χ1n) is 5.47. The Morgan fingerprint density at radius 2 is 2.12 bits per heavy atom. The Morgan fingerprint density at radius 3 is 2.65 bits per heavy atom. The summed E-state index contributed by atoms with van der Waals surface area (Å²) in [6.07, 6.45) is 1.16. The zero-order valence-corrected chi connectivity index (χ0v) is 10.5. The molecule has 1 rings (SSSR count). The van der Waals surface area contributed by atoms with E-state index < -0.39 is 6.09 Å². The first kappa shape index (κ1) is 13.8. The molecule has 0 aliphatic heterocycles. The minimum atomic E-state index is -0.443. The molecular formula is C12H17ClN2O2. The van der Waals surface area contributed by atoms with Crippen LogP contribution in [0.4, 0.5) is 4.79 Å². The molecule has 0 aromatic heterocycles. The van der Waals surface area contributed by atoms with Crippen molar-refractivity contribution < 1.29 is 9.53 Å². The molecule has 0 bridgehead atoms. The van der Waals surface area contributed by atoms with Crippen LogP contribution in [0.3, 0.4) is 0 Å². The van der Waals surface area contributed by atoms with E-state index in [2.05, 4.69) is 10.1 Å². The molecule has 0 fully saturated rings. The minimum absolute atomic E-state index is 0.0942. The van der Waals surface area contributed by atoms with Gasteiger partial charge < -0.3 is 15.8 Å². The van der Waals surface area contributed by atoms with Gasteiger partial charge >= 0.3 is 6.09 Å². The first-order valence-corrected chi connectivity index (χ1v) is 5.85. The minimum Gasteiger partial charge on any atom is -0.453 e. The molecule has 0 heterocycles. The highest BCUT2D eigenvalue weighted by atomic mass is 35.5. The lowest BCUT2D eigenvalue weighted by Crippen LogP contribution is -2.28. The van der Waals surface area contributed by atoms with Gasteiger partial charge in [0.05, 0.1) is 13.2 Å². The standard InChI is InChI=1S/C12H17ClN2O2/c1-17-12(16)15-11(3-2-8-14)9-4-6-10(13)7-5-9/h4-7,11H,2-3,8,14H2,1H3,(H,15,16)/t11-/m0/s1. The maximum atomic E-state index is 11.2. The maximum absolute atomic E-state index is 11.2. The summed E-state index contributed by atoms with van der Waals surface area (Å²) >= 11 is 5.82. The van der Waals surface area contributed by atoms with Crippen LogP contribution in [0.2, 0.25) is 5.02 Å². The predicted molar refractivity (Wildman–Crippen MR) is 68.0 cm³/mol. The summed E-state index contributed by atoms with van der Waals surface area (Å²) in [5.74, 6) is 0. The Morgan fingerprint density at radius 1 is 1.47 bits per heavy atom. The van der Waals surface area contributed by atoms with Gasteiger partial charge in [-0.2, -0.15) is 0 Å². The highest BCUT2D eigenvalue weighted by molar-refractivity contribution is 6.30. The van der Waals surface area contributed by atoms with Gasteiger partial charge in [0.15, 0.2) is 0 Å². The second-order valence-electron chi connectivity index (χ2n) is 3.67. The van der Waals surface area contributed by atoms with Crippen LogP contribution in [0.1, 0.15) is 24.4 Å². The highest BCUT2D eigenvalue weighted by Gasteiger charge is 2.14. The Hall–Kier alpha value is -1.26. The van der Waals surface area contributed by atoms with E-state index in [0.29, 0.717) is 11.6 Å². The molecular weight excluding hydrogens is 240 g/mol. The number of carbonyl (C=O) groups is 1. The van der Waals surface area contributed by atoms with Crippen LogP contribution in [0.15, 0.2) is 24.3 Å². The third-order valence-electron chi connectivity index (χ3n) is 2.45. The summed E-state index contributed by atoms with van der Waals surface area (Å²) in [4.78, 5) is 11.2. The zero-order chi connectivity index (χ0) is 12.7. The number of halogens is 1. The van der Waals surface area contributed by atoms with Gasteiger partial charge in [-0.15, -0.1) is 0 Å². The molecule has 0 spiro atoms. The van der Waals surface area contributed by atoms with E-state index in [1.54, 1.807) is 12.1 Å². The van der Waals surface area contributed by atoms with Gasteiger partial charge in [-0.3, -0.25) is 0 Å². The maximum Gasteiger partial charge on any atom is 0.407 e. The fourth-order valence-corrected chi connectivity index (χ4v) is 1.67. The largest absolute Gasteiger partial charge is 0.453 e. The third kappa shape index (κ3) is 4.63. The number of ether oxygens (including phenoxy) is 1. The van der Waals surface area contributed by atoms with Crippen LogP contribution >= 0.6 is 11.6 Å². The van der Waals surface area contributed by atoms with Gasteiger partial charge in [0.25, 0.3) is 0 Å². The van der Waals surface area contributed by atoms with Crippen molar-refractivity contribution >= 4 is 17.7 Å². The van der Waals surface area contributed by atoms with Crippen LogP contribution in [-0.2, 0) is 4.74 Å². The number of nitrogens with two attached hydrogens (primary N) is 1. The van der Waals surface area contributed by atoms with E-state index in [1.165, 1.54) is 7.11 Å². The van der Waals surface area contributed by atoms with Crippen molar-refractivity contribution in [2.75, 3.05) is 13.7 Å². The van der Waals surface area contributed by atoms with Gasteiger partial charge in [-0.1, -0.05) is 23.7 Å². The molecule has 1 atom stereocenters. The number of alkyl carbamates (subject to hydrolysis) is 1. The normalized spacial score (nSPS) is 11.9. The molecule has 1 aromatic rings. The van der Waals surface area contributed by atoms with Gasteiger partial charge in [0.2, 0.25) is 0 Å². The van der Waals surface area contributed by atoms with Crippen molar-refractivity contribution in [3.05, 3.63) is 34.9 Å². The van der Waals surface area contributed by atoms with E-state index >= 15 is 0 Å². The molecule has 17 heavy (non-hydrogen) atoms. The lowest BCUT2D eigenvalue weighted by molar-refractivity contribution is 0.166. The number of nitrogens with one attached hydrogen (secondary N) is 1. The fraction of sp³-hybridized carbons (Fsp3) is 0.417. The molecule has 1 aromatic carbocycles. The van der Waals surface area contributed by atoms with Crippen molar-refractivity contribution in [1.82, 2.24) is 5.32 Å². The summed E-state index contributed by atoms with van der Waals surface area (Å²) in [7, 11) is 1.34. The van der Waals surface area contributed by atoms with E-state index in [-0.39, 0.29) is 6.04 Å². The molecule has 5 heteroatoms. The molecule has 0 saturated heterocycles. The summed E-state index contributed by atoms with van der Waals surface area (Å²) in [6.45, 7) is 0.590. The SMILES string of the molecule is COC(=O)N[C@@H](CCCN)c1ccc(Cl)cc1. The van der Waals surface area contributed by atoms with E-state index in [4.69, 9.17) is 17.3 Å². The van der Waals surface area contributed by atoms with Gasteiger partial charge in [0, 0.05) is 5.02 Å². The number of methoxy groups -OCH3 is 1. The topological polar surface area (TPSA) is 64.3 Å². The second kappa shape index (κ2) is 7.14. The molecule has 0 aliphatic carbocycles. The summed E-state index contributed by atoms with van der Waals surface area (Å²) < 4.78 is 4.60. The molecule has 0 unspecified atom stereocenters. The van der Waals surface area contributed by atoms with E-state index in [0.717, 1.165) is 18.4 Å². The molecule has 1 amide bonds. The van der Waals surface area contributed by atoms with Gasteiger partial charge in [-0.05, 0) is 37.1 Å². The molecule has 94 valence electrons. The van der Waals surface area contributed by atoms with E-state index in [9.17, 15) is 4.79 Å². The Bertz CT molecular complexity index is 354. The monoisotopic (exact) mass is 256 g/mol. The summed E-state index contributed by atoms with van der Waals surface area (Å²) in [5, 5.41) is 3.45. The number of carbonyl (C=O) groups excluding carboxylic acids is 1. The van der Waals surface area contributed by atoms with Gasteiger partial charge in [0.1, 0.15) is 0 Å². The molecule has 0 radical (unpaired) electrons. The van der Waals surface area contributed by atoms with Crippen molar-refractivity contribution in [1.29, 1.82) is 0 Å². The Kier molecular flexibility index (Phi) is 5.80. The molecule has 0 aliphatic rings. The number of hydrogen-bond donors (Lipinski definition) is 2. The smallest absolute Gasteiger partial charge is 0.407 e. The lowest BCUT2D eigenvalue weighted by Gasteiger charge is -2.18. The van der Waals surface area contributed by atoms with Crippen molar-refractivity contribution in [3.8, 4) is 0 Å². The Labute approximate surface area is 106 Å². The summed E-state index contributed by atoms with van der Waals surface area (Å²) in [5.41, 5.74) is 6.47. The lowest BCUT2D eigenvalue weighted by atomic mass is 10.0. The van der Waals surface area contributed by atoms with Gasteiger partial charge in [-0.25, -0.2) is 4.79 Å². The number of hydrogen-bond acceptors (Lipinski definition) is 3. The molecule has 4 nitrogen and oxygen atoms in total. The number of rotatable bonds is 5. The predicted octanol–water partition coefficient (Wildman–Crippen LogP) is 2.48. The number of benzene rings is 1. The molecule has 0 saturated carbocycles. The first-order chi connectivity index (χ1) is 8.17. The fourth-order valence-electron chi connectivity index (χ4n) is 1.54. The zero-order valence-electron chi connectivity index (χ0n) is 9.78. The quantitative estimate of drug-likeness (QED) is 0.851. The average molecular weight is 257 g/mol. The van der Waals surface area contributed by atoms with Crippen LogP contribution < -0.4 is 11.1 Å². The van der Waals surface area contributed by atoms with Crippen molar-refractivity contribution in [3.63, 3.8) is 0 Å². The average Bonchev–Trinajstić information content (AvgIpc) is 2.35. The highest BCUT2D eigenvalue weighted by Crippen LogP contribution is 2.20. The van der Waals surface area contributed by atoms with Crippen LogP contribution in [-0.4, -0.2) is 19.7 Å².